The van der Waals surface area contributed by atoms with Crippen molar-refractivity contribution in [3.8, 4) is 0 Å². The van der Waals surface area contributed by atoms with E-state index in [1.807, 2.05) is 6.92 Å². The summed E-state index contributed by atoms with van der Waals surface area (Å²) in [5.41, 5.74) is 5.93. The van der Waals surface area contributed by atoms with Crippen LogP contribution < -0.4 is 11.1 Å². The zero-order chi connectivity index (χ0) is 14.4. The average Bonchev–Trinajstić information content (AvgIpc) is 2.46. The van der Waals surface area contributed by atoms with Crippen molar-refractivity contribution in [1.82, 2.24) is 10.2 Å². The van der Waals surface area contributed by atoms with Crippen LogP contribution in [0.2, 0.25) is 0 Å². The molecule has 0 aromatic heterocycles. The van der Waals surface area contributed by atoms with Crippen molar-refractivity contribution < 1.29 is 4.79 Å². The second-order valence-electron chi connectivity index (χ2n) is 6.79. The molecule has 0 spiro atoms. The first kappa shape index (κ1) is 18.7. The molecule has 21 heavy (non-hydrogen) atoms. The van der Waals surface area contributed by atoms with Gasteiger partial charge in [-0.1, -0.05) is 25.7 Å². The van der Waals surface area contributed by atoms with Crippen molar-refractivity contribution in [2.24, 2.45) is 5.73 Å². The fraction of sp³-hybridized carbons (Fsp3) is 0.938. The molecule has 1 aliphatic heterocycles. The number of nitrogens with one attached hydrogen (secondary N) is 1. The highest BCUT2D eigenvalue weighted by Crippen LogP contribution is 2.35. The van der Waals surface area contributed by atoms with Gasteiger partial charge in [0.1, 0.15) is 0 Å². The number of likely N-dealkylation sites (tertiary alicyclic amines) is 1. The van der Waals surface area contributed by atoms with Gasteiger partial charge in [0.05, 0.1) is 0 Å². The van der Waals surface area contributed by atoms with E-state index < -0.39 is 0 Å². The minimum atomic E-state index is -0.0488. The minimum Gasteiger partial charge on any atom is -0.354 e. The lowest BCUT2D eigenvalue weighted by Crippen LogP contribution is -2.58. The minimum absolute atomic E-state index is 0. The molecular formula is C16H32ClN3O. The third kappa shape index (κ3) is 5.42. The maximum atomic E-state index is 11.9. The van der Waals surface area contributed by atoms with Gasteiger partial charge in [0.15, 0.2) is 0 Å². The molecule has 0 aromatic carbocycles. The standard InChI is InChI=1S/C16H31N3O.ClH/c1-14(17)12-15(20)18-13-16(8-4-2-5-9-16)19-10-6-3-7-11-19;/h14H,2-13,17H2,1H3,(H,18,20);1H. The zero-order valence-electron chi connectivity index (χ0n) is 13.4. The maximum absolute atomic E-state index is 11.9. The van der Waals surface area contributed by atoms with Crippen LogP contribution in [0, 0.1) is 0 Å². The predicted molar refractivity (Wildman–Crippen MR) is 89.8 cm³/mol. The molecule has 5 heteroatoms. The van der Waals surface area contributed by atoms with Crippen LogP contribution in [-0.4, -0.2) is 42.0 Å². The molecule has 2 aliphatic rings. The Labute approximate surface area is 135 Å². The molecule has 1 saturated carbocycles. The number of nitrogens with two attached hydrogens (primary N) is 1. The smallest absolute Gasteiger partial charge is 0.221 e. The Balaban J connectivity index is 0.00000220. The van der Waals surface area contributed by atoms with E-state index in [1.165, 1.54) is 64.5 Å². The summed E-state index contributed by atoms with van der Waals surface area (Å²) in [6.45, 7) is 5.13. The van der Waals surface area contributed by atoms with Gasteiger partial charge in [-0.2, -0.15) is 0 Å². The third-order valence-electron chi connectivity index (χ3n) is 4.93. The molecular weight excluding hydrogens is 286 g/mol. The number of carbonyl (C=O) groups excluding carboxylic acids is 1. The van der Waals surface area contributed by atoms with Crippen LogP contribution in [-0.2, 0) is 4.79 Å². The Kier molecular flexibility index (Phi) is 7.99. The van der Waals surface area contributed by atoms with Gasteiger partial charge in [0, 0.05) is 24.5 Å². The summed E-state index contributed by atoms with van der Waals surface area (Å²) in [4.78, 5) is 14.6. The number of hydrogen-bond donors (Lipinski definition) is 2. The van der Waals surface area contributed by atoms with Crippen LogP contribution in [0.1, 0.15) is 64.7 Å². The van der Waals surface area contributed by atoms with E-state index in [0.29, 0.717) is 6.42 Å². The second kappa shape index (κ2) is 8.96. The Morgan fingerprint density at radius 2 is 1.71 bits per heavy atom. The van der Waals surface area contributed by atoms with E-state index in [4.69, 9.17) is 5.73 Å². The molecule has 1 aliphatic carbocycles. The summed E-state index contributed by atoms with van der Waals surface area (Å²) < 4.78 is 0. The van der Waals surface area contributed by atoms with Gasteiger partial charge in [0.25, 0.3) is 0 Å². The summed E-state index contributed by atoms with van der Waals surface area (Å²) in [6, 6.07) is -0.0488. The van der Waals surface area contributed by atoms with E-state index in [2.05, 4.69) is 10.2 Å². The van der Waals surface area contributed by atoms with Crippen molar-refractivity contribution in [2.45, 2.75) is 76.3 Å². The first-order valence-electron chi connectivity index (χ1n) is 8.40. The maximum Gasteiger partial charge on any atom is 0.221 e. The highest BCUT2D eigenvalue weighted by atomic mass is 35.5. The number of carbonyl (C=O) groups is 1. The molecule has 1 heterocycles. The fourth-order valence-electron chi connectivity index (χ4n) is 3.81. The molecule has 124 valence electrons. The van der Waals surface area contributed by atoms with Gasteiger partial charge in [-0.15, -0.1) is 12.4 Å². The summed E-state index contributed by atoms with van der Waals surface area (Å²) in [6.07, 6.45) is 10.9. The first-order valence-corrected chi connectivity index (χ1v) is 8.40. The highest BCUT2D eigenvalue weighted by Gasteiger charge is 2.38. The van der Waals surface area contributed by atoms with Gasteiger partial charge in [0.2, 0.25) is 5.91 Å². The Morgan fingerprint density at radius 3 is 2.29 bits per heavy atom. The predicted octanol–water partition coefficient (Wildman–Crippen LogP) is 2.45. The normalized spacial score (nSPS) is 23.9. The lowest BCUT2D eigenvalue weighted by atomic mass is 9.79. The molecule has 3 N–H and O–H groups in total. The van der Waals surface area contributed by atoms with Crippen LogP contribution in [0.4, 0.5) is 0 Å². The van der Waals surface area contributed by atoms with Gasteiger partial charge in [-0.3, -0.25) is 9.69 Å². The highest BCUT2D eigenvalue weighted by molar-refractivity contribution is 5.85. The zero-order valence-corrected chi connectivity index (χ0v) is 14.2. The molecule has 1 atom stereocenters. The number of piperidine rings is 1. The number of amides is 1. The first-order chi connectivity index (χ1) is 9.62. The van der Waals surface area contributed by atoms with Gasteiger partial charge in [-0.25, -0.2) is 0 Å². The van der Waals surface area contributed by atoms with Crippen molar-refractivity contribution in [2.75, 3.05) is 19.6 Å². The summed E-state index contributed by atoms with van der Waals surface area (Å²) in [7, 11) is 0. The van der Waals surface area contributed by atoms with Gasteiger partial charge in [-0.05, 0) is 45.7 Å². The fourth-order valence-corrected chi connectivity index (χ4v) is 3.81. The van der Waals surface area contributed by atoms with Gasteiger partial charge >= 0.3 is 0 Å². The van der Waals surface area contributed by atoms with Crippen LogP contribution in [0.15, 0.2) is 0 Å². The van der Waals surface area contributed by atoms with E-state index in [1.54, 1.807) is 0 Å². The topological polar surface area (TPSA) is 58.4 Å². The van der Waals surface area contributed by atoms with Crippen LogP contribution in [0.25, 0.3) is 0 Å². The average molecular weight is 318 g/mol. The molecule has 0 aromatic rings. The largest absolute Gasteiger partial charge is 0.354 e. The van der Waals surface area contributed by atoms with Crippen molar-refractivity contribution in [3.05, 3.63) is 0 Å². The number of rotatable bonds is 5. The van der Waals surface area contributed by atoms with Crippen molar-refractivity contribution in [3.63, 3.8) is 0 Å². The summed E-state index contributed by atoms with van der Waals surface area (Å²) in [5, 5.41) is 3.16. The van der Waals surface area contributed by atoms with Crippen molar-refractivity contribution >= 4 is 18.3 Å². The van der Waals surface area contributed by atoms with E-state index in [9.17, 15) is 4.79 Å². The lowest BCUT2D eigenvalue weighted by molar-refractivity contribution is -0.122. The molecule has 4 nitrogen and oxygen atoms in total. The number of halogens is 1. The van der Waals surface area contributed by atoms with E-state index in [-0.39, 0.29) is 29.9 Å². The molecule has 0 bridgehead atoms. The number of nitrogens with zero attached hydrogens (tertiary/aromatic N) is 1. The summed E-state index contributed by atoms with van der Waals surface area (Å²) >= 11 is 0. The third-order valence-corrected chi connectivity index (χ3v) is 4.93. The molecule has 2 rings (SSSR count). The monoisotopic (exact) mass is 317 g/mol. The van der Waals surface area contributed by atoms with Gasteiger partial charge < -0.3 is 11.1 Å². The molecule has 1 saturated heterocycles. The van der Waals surface area contributed by atoms with E-state index in [0.717, 1.165) is 6.54 Å². The lowest BCUT2D eigenvalue weighted by Gasteiger charge is -2.48. The summed E-state index contributed by atoms with van der Waals surface area (Å²) in [5.74, 6) is 0.113. The van der Waals surface area contributed by atoms with E-state index >= 15 is 0 Å². The van der Waals surface area contributed by atoms with Crippen LogP contribution in [0.5, 0.6) is 0 Å². The SMILES string of the molecule is CC(N)CC(=O)NCC1(N2CCCCC2)CCCCC1.Cl. The second-order valence-corrected chi connectivity index (χ2v) is 6.79. The Hall–Kier alpha value is -0.320. The quantitative estimate of drug-likeness (QED) is 0.819. The Morgan fingerprint density at radius 1 is 1.14 bits per heavy atom. The Bertz CT molecular complexity index is 311. The molecule has 1 amide bonds. The van der Waals surface area contributed by atoms with Crippen LogP contribution in [0.3, 0.4) is 0 Å². The molecule has 2 fully saturated rings. The van der Waals surface area contributed by atoms with Crippen molar-refractivity contribution in [1.29, 1.82) is 0 Å². The molecule has 1 unspecified atom stereocenters. The number of hydrogen-bond acceptors (Lipinski definition) is 3. The van der Waals surface area contributed by atoms with Crippen LogP contribution >= 0.6 is 12.4 Å². The molecule has 0 radical (unpaired) electrons.